The molecule has 0 heterocycles. The van der Waals surface area contributed by atoms with Gasteiger partial charge < -0.3 is 19.9 Å². The van der Waals surface area contributed by atoms with Gasteiger partial charge in [0.1, 0.15) is 11.3 Å². The van der Waals surface area contributed by atoms with E-state index in [0.29, 0.717) is 5.69 Å². The van der Waals surface area contributed by atoms with Gasteiger partial charge >= 0.3 is 11.9 Å². The molecule has 0 saturated heterocycles. The van der Waals surface area contributed by atoms with Gasteiger partial charge in [0.25, 0.3) is 0 Å². The van der Waals surface area contributed by atoms with Crippen molar-refractivity contribution in [1.82, 2.24) is 0 Å². The molecule has 6 nitrogen and oxygen atoms in total. The summed E-state index contributed by atoms with van der Waals surface area (Å²) in [5.41, 5.74) is 6.23. The van der Waals surface area contributed by atoms with Crippen LogP contribution in [0.25, 0.3) is 0 Å². The van der Waals surface area contributed by atoms with Gasteiger partial charge in [-0.05, 0) is 19.1 Å². The first-order valence-electron chi connectivity index (χ1n) is 5.34. The minimum Gasteiger partial charge on any atom is -0.481 e. The molecule has 0 radical (unpaired) electrons. The summed E-state index contributed by atoms with van der Waals surface area (Å²) in [5, 5.41) is 0. The van der Waals surface area contributed by atoms with E-state index in [1.165, 1.54) is 19.2 Å². The molecule has 0 amide bonds. The standard InChI is InChI=1S/C12H15NO5/c1-3-17-12(15)9-5-4-8(13)6-10(9)18-7-11(14)16-2/h4-6H,3,7,13H2,1-2H3. The number of esters is 2. The average Bonchev–Trinajstić information content (AvgIpc) is 2.36. The zero-order valence-corrected chi connectivity index (χ0v) is 10.3. The second-order valence-corrected chi connectivity index (χ2v) is 3.34. The van der Waals surface area contributed by atoms with E-state index in [-0.39, 0.29) is 24.5 Å². The van der Waals surface area contributed by atoms with E-state index in [1.807, 2.05) is 0 Å². The van der Waals surface area contributed by atoms with Crippen LogP contribution in [0.2, 0.25) is 0 Å². The van der Waals surface area contributed by atoms with Gasteiger partial charge in [-0.25, -0.2) is 9.59 Å². The van der Waals surface area contributed by atoms with E-state index in [2.05, 4.69) is 4.74 Å². The van der Waals surface area contributed by atoms with Crippen LogP contribution in [0.4, 0.5) is 5.69 Å². The topological polar surface area (TPSA) is 87.9 Å². The molecule has 0 unspecified atom stereocenters. The third-order valence-corrected chi connectivity index (χ3v) is 2.07. The SMILES string of the molecule is CCOC(=O)c1ccc(N)cc1OCC(=O)OC. The summed E-state index contributed by atoms with van der Waals surface area (Å²) in [6.45, 7) is 1.65. The first-order valence-corrected chi connectivity index (χ1v) is 5.34. The number of hydrogen-bond acceptors (Lipinski definition) is 6. The summed E-state index contributed by atoms with van der Waals surface area (Å²) in [4.78, 5) is 22.6. The van der Waals surface area contributed by atoms with E-state index >= 15 is 0 Å². The predicted molar refractivity (Wildman–Crippen MR) is 64.3 cm³/mol. The van der Waals surface area contributed by atoms with Crippen LogP contribution in [0, 0.1) is 0 Å². The number of anilines is 1. The Labute approximate surface area is 105 Å². The normalized spacial score (nSPS) is 9.67. The van der Waals surface area contributed by atoms with Crippen LogP contribution in [0.5, 0.6) is 5.75 Å². The molecule has 0 aliphatic rings. The van der Waals surface area contributed by atoms with Crippen LogP contribution < -0.4 is 10.5 Å². The fraction of sp³-hybridized carbons (Fsp3) is 0.333. The van der Waals surface area contributed by atoms with E-state index < -0.39 is 11.9 Å². The number of carbonyl (C=O) groups excluding carboxylic acids is 2. The Balaban J connectivity index is 2.89. The summed E-state index contributed by atoms with van der Waals surface area (Å²) in [5.74, 6) is -0.886. The van der Waals surface area contributed by atoms with Crippen molar-refractivity contribution < 1.29 is 23.8 Å². The van der Waals surface area contributed by atoms with Gasteiger partial charge in [-0.3, -0.25) is 0 Å². The van der Waals surface area contributed by atoms with Crippen molar-refractivity contribution in [1.29, 1.82) is 0 Å². The minimum absolute atomic E-state index is 0.193. The minimum atomic E-state index is -0.549. The predicted octanol–water partition coefficient (Wildman–Crippen LogP) is 0.997. The molecule has 1 rings (SSSR count). The Morgan fingerprint density at radius 1 is 1.33 bits per heavy atom. The molecule has 0 atom stereocenters. The fourth-order valence-electron chi connectivity index (χ4n) is 1.23. The maximum Gasteiger partial charge on any atom is 0.343 e. The highest BCUT2D eigenvalue weighted by Gasteiger charge is 2.15. The van der Waals surface area contributed by atoms with E-state index in [4.69, 9.17) is 15.2 Å². The smallest absolute Gasteiger partial charge is 0.343 e. The maximum atomic E-state index is 11.6. The zero-order chi connectivity index (χ0) is 13.5. The molecule has 98 valence electrons. The molecule has 2 N–H and O–H groups in total. The molecule has 6 heteroatoms. The third kappa shape index (κ3) is 3.65. The van der Waals surface area contributed by atoms with Gasteiger partial charge in [0.05, 0.1) is 13.7 Å². The Bertz CT molecular complexity index is 444. The number of benzene rings is 1. The second-order valence-electron chi connectivity index (χ2n) is 3.34. The first kappa shape index (κ1) is 13.8. The number of ether oxygens (including phenoxy) is 3. The monoisotopic (exact) mass is 253 g/mol. The Morgan fingerprint density at radius 2 is 2.06 bits per heavy atom. The summed E-state index contributed by atoms with van der Waals surface area (Å²) in [6, 6.07) is 4.49. The number of nitrogens with two attached hydrogens (primary N) is 1. The van der Waals surface area contributed by atoms with Crippen molar-refractivity contribution in [2.45, 2.75) is 6.92 Å². The lowest BCUT2D eigenvalue weighted by molar-refractivity contribution is -0.142. The lowest BCUT2D eigenvalue weighted by Crippen LogP contribution is -2.15. The Hall–Kier alpha value is -2.24. The number of hydrogen-bond donors (Lipinski definition) is 1. The third-order valence-electron chi connectivity index (χ3n) is 2.07. The number of nitrogen functional groups attached to an aromatic ring is 1. The van der Waals surface area contributed by atoms with Crippen molar-refractivity contribution in [2.24, 2.45) is 0 Å². The lowest BCUT2D eigenvalue weighted by Gasteiger charge is -2.10. The van der Waals surface area contributed by atoms with Crippen LogP contribution in [0.1, 0.15) is 17.3 Å². The molecule has 0 spiro atoms. The molecule has 0 fully saturated rings. The van der Waals surface area contributed by atoms with Gasteiger partial charge in [-0.1, -0.05) is 0 Å². The van der Waals surface area contributed by atoms with Gasteiger partial charge in [-0.2, -0.15) is 0 Å². The highest BCUT2D eigenvalue weighted by molar-refractivity contribution is 5.93. The Morgan fingerprint density at radius 3 is 2.67 bits per heavy atom. The fourth-order valence-corrected chi connectivity index (χ4v) is 1.23. The highest BCUT2D eigenvalue weighted by atomic mass is 16.6. The van der Waals surface area contributed by atoms with Crippen molar-refractivity contribution in [2.75, 3.05) is 26.1 Å². The van der Waals surface area contributed by atoms with Gasteiger partial charge in [0.2, 0.25) is 0 Å². The molecule has 1 aromatic rings. The molecule has 0 aromatic heterocycles. The molecule has 1 aromatic carbocycles. The molecule has 0 aliphatic heterocycles. The Kier molecular flexibility index (Phi) is 4.98. The summed E-state index contributed by atoms with van der Waals surface area (Å²) in [7, 11) is 1.25. The summed E-state index contributed by atoms with van der Waals surface area (Å²) >= 11 is 0. The van der Waals surface area contributed by atoms with Crippen molar-refractivity contribution in [3.05, 3.63) is 23.8 Å². The molecule has 0 bridgehead atoms. The van der Waals surface area contributed by atoms with Crippen molar-refractivity contribution in [3.63, 3.8) is 0 Å². The highest BCUT2D eigenvalue weighted by Crippen LogP contribution is 2.22. The quantitative estimate of drug-likeness (QED) is 0.622. The van der Waals surface area contributed by atoms with Gasteiger partial charge in [0.15, 0.2) is 6.61 Å². The van der Waals surface area contributed by atoms with Gasteiger partial charge in [0, 0.05) is 11.8 Å². The zero-order valence-electron chi connectivity index (χ0n) is 10.3. The van der Waals surface area contributed by atoms with Crippen LogP contribution in [-0.4, -0.2) is 32.3 Å². The molecular formula is C12H15NO5. The van der Waals surface area contributed by atoms with E-state index in [1.54, 1.807) is 13.0 Å². The van der Waals surface area contributed by atoms with Crippen molar-refractivity contribution >= 4 is 17.6 Å². The number of methoxy groups -OCH3 is 1. The largest absolute Gasteiger partial charge is 0.481 e. The van der Waals surface area contributed by atoms with Crippen LogP contribution >= 0.6 is 0 Å². The molecule has 0 aliphatic carbocycles. The summed E-state index contributed by atoms with van der Waals surface area (Å²) in [6.07, 6.45) is 0. The molecular weight excluding hydrogens is 238 g/mol. The number of rotatable bonds is 5. The van der Waals surface area contributed by atoms with Gasteiger partial charge in [-0.15, -0.1) is 0 Å². The molecule has 0 saturated carbocycles. The lowest BCUT2D eigenvalue weighted by atomic mass is 10.2. The summed E-state index contributed by atoms with van der Waals surface area (Å²) < 4.78 is 14.5. The molecule has 18 heavy (non-hydrogen) atoms. The first-order chi connectivity index (χ1) is 8.58. The second kappa shape index (κ2) is 6.48. The maximum absolute atomic E-state index is 11.6. The van der Waals surface area contributed by atoms with Crippen LogP contribution in [0.3, 0.4) is 0 Å². The van der Waals surface area contributed by atoms with Crippen LogP contribution in [-0.2, 0) is 14.3 Å². The van der Waals surface area contributed by atoms with E-state index in [9.17, 15) is 9.59 Å². The van der Waals surface area contributed by atoms with Crippen LogP contribution in [0.15, 0.2) is 18.2 Å². The number of carbonyl (C=O) groups is 2. The van der Waals surface area contributed by atoms with Crippen molar-refractivity contribution in [3.8, 4) is 5.75 Å². The average molecular weight is 253 g/mol. The van der Waals surface area contributed by atoms with E-state index in [0.717, 1.165) is 0 Å².